The third-order valence-electron chi connectivity index (χ3n) is 9.12. The summed E-state index contributed by atoms with van der Waals surface area (Å²) in [6.45, 7) is 3.95. The standard InChI is InChI=1S/C40H77NO5/c1-3-5-7-9-11-13-15-16-17-18-19-20-21-22-23-24-26-28-30-32-34-38(44)40(46)41-36(35-42)39(45)37(43)33-31-29-27-25-14-12-10-8-6-4-2/h8,10,25,27,36-39,42-45H,3-7,9,11-24,26,28-35H2,1-2H3,(H,41,46)/b10-8+,27-25+. The molecule has 0 bridgehead atoms. The normalized spacial score (nSPS) is 14.7. The molecule has 0 radical (unpaired) electrons. The zero-order valence-corrected chi connectivity index (χ0v) is 30.3. The molecule has 0 saturated carbocycles. The topological polar surface area (TPSA) is 110 Å². The fourth-order valence-electron chi connectivity index (χ4n) is 5.96. The smallest absolute Gasteiger partial charge is 0.249 e. The van der Waals surface area contributed by atoms with E-state index in [1.165, 1.54) is 116 Å². The van der Waals surface area contributed by atoms with Gasteiger partial charge in [-0.25, -0.2) is 0 Å². The first-order chi connectivity index (χ1) is 22.5. The maximum absolute atomic E-state index is 12.4. The Balaban J connectivity index is 3.74. The maximum atomic E-state index is 12.4. The SMILES string of the molecule is CCC/C=C/CC/C=C/CCCC(O)C(O)C(CO)NC(=O)C(O)CCCCCCCCCCCCCCCCCCCCCC. The van der Waals surface area contributed by atoms with Crippen molar-refractivity contribution in [2.24, 2.45) is 0 Å². The van der Waals surface area contributed by atoms with Crippen LogP contribution in [0, 0.1) is 0 Å². The highest BCUT2D eigenvalue weighted by molar-refractivity contribution is 5.80. The minimum absolute atomic E-state index is 0.363. The highest BCUT2D eigenvalue weighted by Gasteiger charge is 2.28. The van der Waals surface area contributed by atoms with E-state index in [0.29, 0.717) is 19.3 Å². The van der Waals surface area contributed by atoms with E-state index in [-0.39, 0.29) is 0 Å². The average molecular weight is 652 g/mol. The summed E-state index contributed by atoms with van der Waals surface area (Å²) in [5, 5.41) is 43.3. The van der Waals surface area contributed by atoms with Crippen molar-refractivity contribution >= 4 is 5.91 Å². The van der Waals surface area contributed by atoms with Crippen LogP contribution < -0.4 is 5.32 Å². The first kappa shape index (κ1) is 44.8. The third-order valence-corrected chi connectivity index (χ3v) is 9.12. The lowest BCUT2D eigenvalue weighted by atomic mass is 10.00. The van der Waals surface area contributed by atoms with Crippen molar-refractivity contribution in [2.75, 3.05) is 6.61 Å². The lowest BCUT2D eigenvalue weighted by Crippen LogP contribution is -2.53. The van der Waals surface area contributed by atoms with Crippen LogP contribution in [0.1, 0.15) is 194 Å². The highest BCUT2D eigenvalue weighted by atomic mass is 16.3. The number of unbranched alkanes of at least 4 members (excludes halogenated alkanes) is 22. The number of nitrogens with one attached hydrogen (secondary N) is 1. The molecule has 272 valence electrons. The number of aliphatic hydroxyl groups is 4. The Bertz CT molecular complexity index is 697. The fourth-order valence-corrected chi connectivity index (χ4v) is 5.96. The van der Waals surface area contributed by atoms with Crippen LogP contribution in [0.3, 0.4) is 0 Å². The molecular weight excluding hydrogens is 574 g/mol. The van der Waals surface area contributed by atoms with Crippen LogP contribution in [0.25, 0.3) is 0 Å². The number of carbonyl (C=O) groups is 1. The van der Waals surface area contributed by atoms with E-state index in [2.05, 4.69) is 43.5 Å². The summed E-state index contributed by atoms with van der Waals surface area (Å²) in [5.74, 6) is -0.598. The van der Waals surface area contributed by atoms with E-state index in [1.807, 2.05) is 0 Å². The van der Waals surface area contributed by atoms with Crippen molar-refractivity contribution in [3.63, 3.8) is 0 Å². The molecule has 0 fully saturated rings. The second-order valence-electron chi connectivity index (χ2n) is 13.6. The number of carbonyl (C=O) groups excluding carboxylic acids is 1. The van der Waals surface area contributed by atoms with Crippen molar-refractivity contribution in [1.29, 1.82) is 0 Å². The van der Waals surface area contributed by atoms with Crippen LogP contribution in [0.4, 0.5) is 0 Å². The Morgan fingerprint density at radius 1 is 0.522 bits per heavy atom. The predicted octanol–water partition coefficient (Wildman–Crippen LogP) is 9.62. The summed E-state index contributed by atoms with van der Waals surface area (Å²) in [7, 11) is 0. The minimum Gasteiger partial charge on any atom is -0.394 e. The molecule has 5 N–H and O–H groups in total. The van der Waals surface area contributed by atoms with Crippen LogP contribution in [0.2, 0.25) is 0 Å². The molecule has 6 nitrogen and oxygen atoms in total. The van der Waals surface area contributed by atoms with E-state index in [0.717, 1.165) is 44.9 Å². The molecule has 0 saturated heterocycles. The van der Waals surface area contributed by atoms with Crippen molar-refractivity contribution in [3.8, 4) is 0 Å². The first-order valence-electron chi connectivity index (χ1n) is 19.7. The van der Waals surface area contributed by atoms with E-state index in [4.69, 9.17) is 0 Å². The van der Waals surface area contributed by atoms with Gasteiger partial charge in [0, 0.05) is 0 Å². The second-order valence-corrected chi connectivity index (χ2v) is 13.6. The van der Waals surface area contributed by atoms with Gasteiger partial charge in [-0.2, -0.15) is 0 Å². The minimum atomic E-state index is -1.28. The molecule has 0 aromatic heterocycles. The zero-order valence-electron chi connectivity index (χ0n) is 30.3. The van der Waals surface area contributed by atoms with Crippen LogP contribution in [-0.2, 0) is 4.79 Å². The molecule has 6 heteroatoms. The van der Waals surface area contributed by atoms with Crippen LogP contribution in [-0.4, -0.2) is 57.3 Å². The Labute approximate surface area is 284 Å². The van der Waals surface area contributed by atoms with Crippen molar-refractivity contribution in [2.45, 2.75) is 218 Å². The molecule has 1 amide bonds. The van der Waals surface area contributed by atoms with Gasteiger partial charge in [-0.3, -0.25) is 4.79 Å². The van der Waals surface area contributed by atoms with E-state index < -0.39 is 36.9 Å². The van der Waals surface area contributed by atoms with Crippen LogP contribution >= 0.6 is 0 Å². The maximum Gasteiger partial charge on any atom is 0.249 e. The molecule has 0 spiro atoms. The van der Waals surface area contributed by atoms with Gasteiger partial charge in [0.2, 0.25) is 5.91 Å². The van der Waals surface area contributed by atoms with Crippen LogP contribution in [0.15, 0.2) is 24.3 Å². The lowest BCUT2D eigenvalue weighted by molar-refractivity contribution is -0.132. The molecule has 0 aliphatic rings. The Morgan fingerprint density at radius 3 is 1.37 bits per heavy atom. The summed E-state index contributed by atoms with van der Waals surface area (Å²) in [6, 6.07) is -1.00. The Kier molecular flexibility index (Phi) is 34.2. The number of hydrogen-bond donors (Lipinski definition) is 5. The molecule has 0 rings (SSSR count). The van der Waals surface area contributed by atoms with Crippen molar-refractivity contribution in [1.82, 2.24) is 5.32 Å². The van der Waals surface area contributed by atoms with E-state index in [9.17, 15) is 25.2 Å². The lowest BCUT2D eigenvalue weighted by Gasteiger charge is -2.27. The average Bonchev–Trinajstić information content (AvgIpc) is 3.06. The molecule has 4 atom stereocenters. The largest absolute Gasteiger partial charge is 0.394 e. The summed E-state index contributed by atoms with van der Waals surface area (Å²) < 4.78 is 0. The summed E-state index contributed by atoms with van der Waals surface area (Å²) in [5.41, 5.74) is 0. The van der Waals surface area contributed by atoms with Gasteiger partial charge in [0.05, 0.1) is 18.8 Å². The summed E-state index contributed by atoms with van der Waals surface area (Å²) in [6.07, 6.45) is 37.9. The molecule has 0 aromatic carbocycles. The van der Waals surface area contributed by atoms with Gasteiger partial charge >= 0.3 is 0 Å². The second kappa shape index (κ2) is 35.1. The molecule has 0 aliphatic heterocycles. The molecule has 4 unspecified atom stereocenters. The summed E-state index contributed by atoms with van der Waals surface area (Å²) in [4.78, 5) is 12.4. The van der Waals surface area contributed by atoms with Gasteiger partial charge in [-0.05, 0) is 44.9 Å². The fraction of sp³-hybridized carbons (Fsp3) is 0.875. The van der Waals surface area contributed by atoms with Gasteiger partial charge < -0.3 is 25.7 Å². The highest BCUT2D eigenvalue weighted by Crippen LogP contribution is 2.16. The van der Waals surface area contributed by atoms with Gasteiger partial charge in [-0.1, -0.05) is 173 Å². The van der Waals surface area contributed by atoms with Crippen LogP contribution in [0.5, 0.6) is 0 Å². The monoisotopic (exact) mass is 652 g/mol. The predicted molar refractivity (Wildman–Crippen MR) is 196 cm³/mol. The number of rotatable bonds is 35. The Morgan fingerprint density at radius 2 is 0.935 bits per heavy atom. The number of aliphatic hydroxyl groups excluding tert-OH is 4. The molecule has 0 aromatic rings. The number of hydrogen-bond acceptors (Lipinski definition) is 5. The van der Waals surface area contributed by atoms with Gasteiger partial charge in [0.15, 0.2) is 0 Å². The number of allylic oxidation sites excluding steroid dienone is 4. The quantitative estimate of drug-likeness (QED) is 0.0346. The van der Waals surface area contributed by atoms with Crippen molar-refractivity contribution in [3.05, 3.63) is 24.3 Å². The molecule has 0 heterocycles. The van der Waals surface area contributed by atoms with Gasteiger partial charge in [0.25, 0.3) is 0 Å². The molecular formula is C40H77NO5. The number of amides is 1. The third kappa shape index (κ3) is 29.0. The zero-order chi connectivity index (χ0) is 33.9. The molecule has 46 heavy (non-hydrogen) atoms. The van der Waals surface area contributed by atoms with E-state index in [1.54, 1.807) is 0 Å². The van der Waals surface area contributed by atoms with Gasteiger partial charge in [0.1, 0.15) is 12.2 Å². The first-order valence-corrected chi connectivity index (χ1v) is 19.7. The van der Waals surface area contributed by atoms with Gasteiger partial charge in [-0.15, -0.1) is 0 Å². The van der Waals surface area contributed by atoms with Crippen molar-refractivity contribution < 1.29 is 25.2 Å². The molecule has 0 aliphatic carbocycles. The van der Waals surface area contributed by atoms with E-state index >= 15 is 0 Å². The summed E-state index contributed by atoms with van der Waals surface area (Å²) >= 11 is 0. The Hall–Kier alpha value is -1.21.